The maximum absolute atomic E-state index is 10.4. The van der Waals surface area contributed by atoms with Crippen molar-refractivity contribution < 1.29 is 9.84 Å². The predicted octanol–water partition coefficient (Wildman–Crippen LogP) is 3.78. The number of rotatable bonds is 8. The Balaban J connectivity index is 1.98. The number of aromatic nitrogens is 1. The summed E-state index contributed by atoms with van der Waals surface area (Å²) in [5.41, 5.74) is 6.63. The third-order valence-electron chi connectivity index (χ3n) is 4.42. The van der Waals surface area contributed by atoms with Crippen molar-refractivity contribution >= 4 is 0 Å². The Morgan fingerprint density at radius 1 is 1.17 bits per heavy atom. The Morgan fingerprint density at radius 3 is 2.57 bits per heavy atom. The van der Waals surface area contributed by atoms with E-state index in [4.69, 9.17) is 10.5 Å². The van der Waals surface area contributed by atoms with E-state index < -0.39 is 5.72 Å². The number of hydrogen-bond acceptors (Lipinski definition) is 3. The lowest BCUT2D eigenvalue weighted by Gasteiger charge is -2.26. The number of nitrogens with two attached hydrogens (primary N) is 1. The van der Waals surface area contributed by atoms with Gasteiger partial charge in [-0.25, -0.2) is 0 Å². The highest BCUT2D eigenvalue weighted by Gasteiger charge is 2.24. The van der Waals surface area contributed by atoms with E-state index in [9.17, 15) is 5.11 Å². The number of benzene rings is 1. The van der Waals surface area contributed by atoms with Crippen LogP contribution in [0.3, 0.4) is 0 Å². The van der Waals surface area contributed by atoms with E-state index in [0.717, 1.165) is 23.4 Å². The first-order chi connectivity index (χ1) is 10.9. The fourth-order valence-corrected chi connectivity index (χ4v) is 2.40. The molecule has 2 atom stereocenters. The van der Waals surface area contributed by atoms with Crippen molar-refractivity contribution in [2.75, 3.05) is 6.61 Å². The van der Waals surface area contributed by atoms with Gasteiger partial charge in [-0.3, -0.25) is 0 Å². The van der Waals surface area contributed by atoms with Gasteiger partial charge < -0.3 is 20.6 Å². The van der Waals surface area contributed by atoms with Crippen molar-refractivity contribution in [3.63, 3.8) is 0 Å². The van der Waals surface area contributed by atoms with E-state index >= 15 is 0 Å². The molecule has 0 saturated carbocycles. The molecule has 4 nitrogen and oxygen atoms in total. The van der Waals surface area contributed by atoms with Crippen molar-refractivity contribution in [2.45, 2.75) is 39.3 Å². The number of aliphatic hydroxyl groups is 1. The van der Waals surface area contributed by atoms with Gasteiger partial charge in [-0.15, -0.1) is 0 Å². The number of ether oxygens (including phenoxy) is 1. The van der Waals surface area contributed by atoms with Crippen LogP contribution in [0.2, 0.25) is 0 Å². The molecule has 2 unspecified atom stereocenters. The van der Waals surface area contributed by atoms with Gasteiger partial charge in [-0.05, 0) is 48.9 Å². The smallest absolute Gasteiger partial charge is 0.147 e. The van der Waals surface area contributed by atoms with Gasteiger partial charge in [0.25, 0.3) is 0 Å². The Hall–Kier alpha value is -1.78. The first-order valence-corrected chi connectivity index (χ1v) is 8.26. The molecule has 0 aliphatic rings. The lowest BCUT2D eigenvalue weighted by Crippen LogP contribution is -2.45. The maximum Gasteiger partial charge on any atom is 0.147 e. The molecule has 0 aliphatic heterocycles. The van der Waals surface area contributed by atoms with Gasteiger partial charge in [0.1, 0.15) is 18.1 Å². The van der Waals surface area contributed by atoms with Crippen LogP contribution in [0.25, 0.3) is 11.3 Å². The molecule has 0 amide bonds. The van der Waals surface area contributed by atoms with E-state index in [1.807, 2.05) is 42.6 Å². The van der Waals surface area contributed by atoms with Crippen molar-refractivity contribution in [2.24, 2.45) is 17.6 Å². The second-order valence-electron chi connectivity index (χ2n) is 6.73. The molecule has 0 fully saturated rings. The Morgan fingerprint density at radius 2 is 1.91 bits per heavy atom. The van der Waals surface area contributed by atoms with Gasteiger partial charge in [0.2, 0.25) is 0 Å². The average Bonchev–Trinajstić information content (AvgIpc) is 3.05. The van der Waals surface area contributed by atoms with Crippen LogP contribution in [0.1, 0.15) is 33.6 Å². The summed E-state index contributed by atoms with van der Waals surface area (Å²) in [5.74, 6) is 1.83. The highest BCUT2D eigenvalue weighted by atomic mass is 16.5. The minimum atomic E-state index is -1.31. The van der Waals surface area contributed by atoms with E-state index in [0.29, 0.717) is 18.3 Å². The maximum atomic E-state index is 10.4. The molecule has 1 aromatic carbocycles. The second-order valence-corrected chi connectivity index (χ2v) is 6.73. The van der Waals surface area contributed by atoms with Gasteiger partial charge in [0.05, 0.1) is 0 Å². The zero-order valence-corrected chi connectivity index (χ0v) is 14.3. The normalized spacial score (nSPS) is 15.4. The summed E-state index contributed by atoms with van der Waals surface area (Å²) in [6, 6.07) is 11.7. The van der Waals surface area contributed by atoms with Gasteiger partial charge in [-0.1, -0.05) is 32.9 Å². The zero-order valence-electron chi connectivity index (χ0n) is 14.3. The molecule has 126 valence electrons. The number of aromatic amines is 1. The van der Waals surface area contributed by atoms with Crippen LogP contribution in [0.5, 0.6) is 5.75 Å². The lowest BCUT2D eigenvalue weighted by atomic mass is 9.91. The third-order valence-corrected chi connectivity index (χ3v) is 4.42. The first kappa shape index (κ1) is 17.6. The molecule has 2 rings (SSSR count). The summed E-state index contributed by atoms with van der Waals surface area (Å²) in [7, 11) is 0. The van der Waals surface area contributed by atoms with Gasteiger partial charge in [0.15, 0.2) is 0 Å². The Bertz CT molecular complexity index is 591. The molecule has 0 saturated heterocycles. The van der Waals surface area contributed by atoms with Crippen LogP contribution < -0.4 is 10.5 Å². The molecule has 4 heteroatoms. The summed E-state index contributed by atoms with van der Waals surface area (Å²) < 4.78 is 5.82. The van der Waals surface area contributed by atoms with Crippen molar-refractivity contribution in [1.29, 1.82) is 0 Å². The molecule has 23 heavy (non-hydrogen) atoms. The summed E-state index contributed by atoms with van der Waals surface area (Å²) in [6.07, 6.45) is 3.28. The van der Waals surface area contributed by atoms with E-state index in [-0.39, 0.29) is 6.61 Å². The summed E-state index contributed by atoms with van der Waals surface area (Å²) >= 11 is 0. The van der Waals surface area contributed by atoms with E-state index in [2.05, 4.69) is 25.8 Å². The van der Waals surface area contributed by atoms with Crippen molar-refractivity contribution in [3.05, 3.63) is 42.6 Å². The third kappa shape index (κ3) is 5.12. The minimum Gasteiger partial charge on any atom is -0.488 e. The quantitative estimate of drug-likeness (QED) is 0.649. The summed E-state index contributed by atoms with van der Waals surface area (Å²) in [6.45, 7) is 6.63. The highest BCUT2D eigenvalue weighted by Crippen LogP contribution is 2.29. The SMILES string of the molecule is CC(C)C(C)CCC(N)(O)COc1ccccc1-c1ccc[nH]1. The van der Waals surface area contributed by atoms with E-state index in [1.54, 1.807) is 0 Å². The number of hydrogen-bond donors (Lipinski definition) is 3. The van der Waals surface area contributed by atoms with Crippen LogP contribution in [0, 0.1) is 11.8 Å². The van der Waals surface area contributed by atoms with Gasteiger partial charge in [0, 0.05) is 17.5 Å². The molecule has 0 aliphatic carbocycles. The summed E-state index contributed by atoms with van der Waals surface area (Å²) in [5, 5.41) is 10.4. The standard InChI is InChI=1S/C19H28N2O2/c1-14(2)15(3)10-11-19(20,22)13-23-18-9-5-4-7-16(18)17-8-6-12-21-17/h4-9,12,14-15,21-22H,10-11,13,20H2,1-3H3. The van der Waals surface area contributed by atoms with Crippen LogP contribution in [-0.2, 0) is 0 Å². The van der Waals surface area contributed by atoms with Gasteiger partial charge in [-0.2, -0.15) is 0 Å². The monoisotopic (exact) mass is 316 g/mol. The molecule has 2 aromatic rings. The number of H-pyrrole nitrogens is 1. The fourth-order valence-electron chi connectivity index (χ4n) is 2.40. The lowest BCUT2D eigenvalue weighted by molar-refractivity contribution is -0.0121. The van der Waals surface area contributed by atoms with Crippen LogP contribution in [0.4, 0.5) is 0 Å². The largest absolute Gasteiger partial charge is 0.488 e. The molecule has 0 radical (unpaired) electrons. The summed E-state index contributed by atoms with van der Waals surface area (Å²) in [4.78, 5) is 3.17. The zero-order chi connectivity index (χ0) is 16.9. The molecular formula is C19H28N2O2. The molecule has 0 bridgehead atoms. The molecule has 1 aromatic heterocycles. The molecule has 4 N–H and O–H groups in total. The van der Waals surface area contributed by atoms with Gasteiger partial charge >= 0.3 is 0 Å². The molecule has 0 spiro atoms. The van der Waals surface area contributed by atoms with Crippen molar-refractivity contribution in [1.82, 2.24) is 4.98 Å². The minimum absolute atomic E-state index is 0.0789. The van der Waals surface area contributed by atoms with Crippen LogP contribution in [-0.4, -0.2) is 22.4 Å². The first-order valence-electron chi connectivity index (χ1n) is 8.26. The van der Waals surface area contributed by atoms with E-state index in [1.165, 1.54) is 0 Å². The molecule has 1 heterocycles. The van der Waals surface area contributed by atoms with Crippen LogP contribution >= 0.6 is 0 Å². The predicted molar refractivity (Wildman–Crippen MR) is 94.1 cm³/mol. The second kappa shape index (κ2) is 7.66. The Labute approximate surface area is 138 Å². The average molecular weight is 316 g/mol. The highest BCUT2D eigenvalue weighted by molar-refractivity contribution is 5.67. The van der Waals surface area contributed by atoms with Crippen molar-refractivity contribution in [3.8, 4) is 17.0 Å². The Kier molecular flexibility index (Phi) is 5.85. The number of nitrogens with one attached hydrogen (secondary N) is 1. The van der Waals surface area contributed by atoms with Crippen LogP contribution in [0.15, 0.2) is 42.6 Å². The fraction of sp³-hybridized carbons (Fsp3) is 0.474. The topological polar surface area (TPSA) is 71.3 Å². The number of para-hydroxylation sites is 1. The molecular weight excluding hydrogens is 288 g/mol.